The maximum absolute atomic E-state index is 5.49. The second-order valence-corrected chi connectivity index (χ2v) is 7.02. The molecule has 1 heterocycles. The van der Waals surface area contributed by atoms with Gasteiger partial charge >= 0.3 is 0 Å². The lowest BCUT2D eigenvalue weighted by atomic mass is 9.51. The van der Waals surface area contributed by atoms with Gasteiger partial charge in [0.1, 0.15) is 5.82 Å². The van der Waals surface area contributed by atoms with Crippen molar-refractivity contribution in [2.75, 3.05) is 18.4 Å². The smallest absolute Gasteiger partial charge is 0.148 e. The quantitative estimate of drug-likeness (QED) is 0.883. The molecule has 4 nitrogen and oxygen atoms in total. The van der Waals surface area contributed by atoms with Crippen molar-refractivity contribution < 1.29 is 0 Å². The predicted octanol–water partition coefficient (Wildman–Crippen LogP) is 2.39. The second-order valence-electron chi connectivity index (χ2n) is 7.02. The van der Waals surface area contributed by atoms with Gasteiger partial charge in [-0.1, -0.05) is 0 Å². The first-order valence-electron chi connectivity index (χ1n) is 8.11. The third kappa shape index (κ3) is 2.10. The zero-order valence-electron chi connectivity index (χ0n) is 12.0. The van der Waals surface area contributed by atoms with E-state index in [0.717, 1.165) is 36.0 Å². The maximum atomic E-state index is 5.49. The minimum absolute atomic E-state index is 0.624. The molecule has 0 amide bonds. The monoisotopic (exact) mass is 272 g/mol. The van der Waals surface area contributed by atoms with Gasteiger partial charge in [0.05, 0.1) is 5.69 Å². The van der Waals surface area contributed by atoms with Crippen LogP contribution in [0.25, 0.3) is 0 Å². The van der Waals surface area contributed by atoms with Crippen LogP contribution in [-0.4, -0.2) is 23.3 Å². The zero-order valence-corrected chi connectivity index (χ0v) is 12.0. The van der Waals surface area contributed by atoms with Gasteiger partial charge < -0.3 is 11.1 Å². The van der Waals surface area contributed by atoms with Gasteiger partial charge in [0.15, 0.2) is 0 Å². The van der Waals surface area contributed by atoms with E-state index >= 15 is 0 Å². The van der Waals surface area contributed by atoms with Crippen LogP contribution in [0.4, 0.5) is 5.82 Å². The number of nitrogens with zero attached hydrogens (tertiary/aromatic N) is 2. The standard InChI is InChI=1S/C16H24N4/c17-3-4-18-15-2-1-14(19-20-15)16-12-6-10-5-11(8-12)9-13(16)7-10/h1-2,10-13,16H,3-9,17H2,(H,18,20). The summed E-state index contributed by atoms with van der Waals surface area (Å²) in [7, 11) is 0. The van der Waals surface area contributed by atoms with Gasteiger partial charge in [-0.25, -0.2) is 0 Å². The largest absolute Gasteiger partial charge is 0.367 e. The highest BCUT2D eigenvalue weighted by Crippen LogP contribution is 2.59. The van der Waals surface area contributed by atoms with Crippen LogP contribution < -0.4 is 11.1 Å². The van der Waals surface area contributed by atoms with Crippen molar-refractivity contribution in [1.29, 1.82) is 0 Å². The molecule has 4 heteroatoms. The van der Waals surface area contributed by atoms with Crippen molar-refractivity contribution in [3.05, 3.63) is 17.8 Å². The van der Waals surface area contributed by atoms with Crippen LogP contribution in [0.5, 0.6) is 0 Å². The normalized spacial score (nSPS) is 38.1. The fourth-order valence-corrected chi connectivity index (χ4v) is 5.22. The van der Waals surface area contributed by atoms with E-state index in [9.17, 15) is 0 Å². The van der Waals surface area contributed by atoms with Gasteiger partial charge in [0.2, 0.25) is 0 Å². The predicted molar refractivity (Wildman–Crippen MR) is 79.4 cm³/mol. The van der Waals surface area contributed by atoms with Crippen LogP contribution in [0.3, 0.4) is 0 Å². The molecule has 4 aliphatic carbocycles. The van der Waals surface area contributed by atoms with Crippen molar-refractivity contribution in [2.24, 2.45) is 29.4 Å². The highest BCUT2D eigenvalue weighted by Gasteiger charge is 2.49. The molecule has 5 rings (SSSR count). The molecule has 0 radical (unpaired) electrons. The molecule has 20 heavy (non-hydrogen) atoms. The SMILES string of the molecule is NCCNc1ccc(C2C3CC4CC(C3)CC2C4)nn1. The highest BCUT2D eigenvalue weighted by atomic mass is 15.2. The Morgan fingerprint density at radius 1 is 1.00 bits per heavy atom. The molecule has 1 aromatic heterocycles. The number of rotatable bonds is 4. The second kappa shape index (κ2) is 4.99. The summed E-state index contributed by atoms with van der Waals surface area (Å²) in [6.07, 6.45) is 7.26. The van der Waals surface area contributed by atoms with Gasteiger partial charge in [0, 0.05) is 19.0 Å². The van der Waals surface area contributed by atoms with Crippen LogP contribution in [0.1, 0.15) is 43.7 Å². The number of nitrogens with one attached hydrogen (secondary N) is 1. The van der Waals surface area contributed by atoms with Crippen LogP contribution in [0.15, 0.2) is 12.1 Å². The van der Waals surface area contributed by atoms with Crippen LogP contribution in [0.2, 0.25) is 0 Å². The van der Waals surface area contributed by atoms with Gasteiger partial charge in [-0.15, -0.1) is 5.10 Å². The first-order chi connectivity index (χ1) is 9.83. The van der Waals surface area contributed by atoms with E-state index in [1.807, 2.05) is 0 Å². The molecule has 4 fully saturated rings. The Hall–Kier alpha value is -1.16. The van der Waals surface area contributed by atoms with Crippen molar-refractivity contribution in [3.8, 4) is 0 Å². The molecule has 0 atom stereocenters. The Bertz CT molecular complexity index is 442. The molecule has 0 spiro atoms. The number of aromatic nitrogens is 2. The van der Waals surface area contributed by atoms with Crippen LogP contribution in [-0.2, 0) is 0 Å². The Labute approximate surface area is 120 Å². The van der Waals surface area contributed by atoms with E-state index in [4.69, 9.17) is 5.73 Å². The number of anilines is 1. The van der Waals surface area contributed by atoms with E-state index in [1.54, 1.807) is 0 Å². The van der Waals surface area contributed by atoms with Gasteiger partial charge in [-0.3, -0.25) is 0 Å². The number of hydrogen-bond donors (Lipinski definition) is 2. The Balaban J connectivity index is 1.52. The summed E-state index contributed by atoms with van der Waals surface area (Å²) >= 11 is 0. The van der Waals surface area contributed by atoms with E-state index in [-0.39, 0.29) is 0 Å². The lowest BCUT2D eigenvalue weighted by molar-refractivity contribution is -0.00441. The summed E-state index contributed by atoms with van der Waals surface area (Å²) in [6.45, 7) is 1.38. The molecule has 4 aliphatic rings. The molecular weight excluding hydrogens is 248 g/mol. The summed E-state index contributed by atoms with van der Waals surface area (Å²) in [5.74, 6) is 5.33. The summed E-state index contributed by atoms with van der Waals surface area (Å²) in [6, 6.07) is 4.27. The molecule has 3 N–H and O–H groups in total. The summed E-state index contributed by atoms with van der Waals surface area (Å²) < 4.78 is 0. The topological polar surface area (TPSA) is 63.8 Å². The summed E-state index contributed by atoms with van der Waals surface area (Å²) in [4.78, 5) is 0. The maximum Gasteiger partial charge on any atom is 0.148 e. The number of nitrogens with two attached hydrogens (primary N) is 1. The molecule has 0 saturated heterocycles. The first-order valence-corrected chi connectivity index (χ1v) is 8.11. The van der Waals surface area contributed by atoms with Crippen molar-refractivity contribution in [2.45, 2.75) is 38.0 Å². The third-order valence-electron chi connectivity index (χ3n) is 5.70. The Morgan fingerprint density at radius 2 is 1.70 bits per heavy atom. The van der Waals surface area contributed by atoms with Crippen LogP contribution in [0, 0.1) is 23.7 Å². The Morgan fingerprint density at radius 3 is 2.25 bits per heavy atom. The highest BCUT2D eigenvalue weighted by molar-refractivity contribution is 5.34. The van der Waals surface area contributed by atoms with Crippen molar-refractivity contribution in [3.63, 3.8) is 0 Å². The minimum atomic E-state index is 0.624. The average molecular weight is 272 g/mol. The molecule has 0 aromatic carbocycles. The van der Waals surface area contributed by atoms with Gasteiger partial charge in [-0.05, 0) is 67.9 Å². The molecule has 0 aliphatic heterocycles. The van der Waals surface area contributed by atoms with Crippen molar-refractivity contribution in [1.82, 2.24) is 10.2 Å². The third-order valence-corrected chi connectivity index (χ3v) is 5.70. The fourth-order valence-electron chi connectivity index (χ4n) is 5.22. The lowest BCUT2D eigenvalue weighted by Gasteiger charge is -2.54. The fraction of sp³-hybridized carbons (Fsp3) is 0.750. The molecule has 0 unspecified atom stereocenters. The van der Waals surface area contributed by atoms with E-state index in [2.05, 4.69) is 27.6 Å². The molecule has 4 saturated carbocycles. The number of hydrogen-bond acceptors (Lipinski definition) is 4. The molecular formula is C16H24N4. The first kappa shape index (κ1) is 12.6. The average Bonchev–Trinajstić information content (AvgIpc) is 2.45. The van der Waals surface area contributed by atoms with E-state index < -0.39 is 0 Å². The van der Waals surface area contributed by atoms with Gasteiger partial charge in [0.25, 0.3) is 0 Å². The molecule has 1 aromatic rings. The zero-order chi connectivity index (χ0) is 13.5. The Kier molecular flexibility index (Phi) is 3.14. The van der Waals surface area contributed by atoms with E-state index in [0.29, 0.717) is 12.5 Å². The molecule has 108 valence electrons. The van der Waals surface area contributed by atoms with E-state index in [1.165, 1.54) is 37.8 Å². The van der Waals surface area contributed by atoms with Gasteiger partial charge in [-0.2, -0.15) is 5.10 Å². The molecule has 4 bridgehead atoms. The summed E-state index contributed by atoms with van der Waals surface area (Å²) in [5, 5.41) is 12.0. The van der Waals surface area contributed by atoms with Crippen LogP contribution >= 0.6 is 0 Å². The lowest BCUT2D eigenvalue weighted by Crippen LogP contribution is -2.44. The summed E-state index contributed by atoms with van der Waals surface area (Å²) in [5.41, 5.74) is 6.73. The van der Waals surface area contributed by atoms with Crippen molar-refractivity contribution >= 4 is 5.82 Å². The minimum Gasteiger partial charge on any atom is -0.367 e.